The smallest absolute Gasteiger partial charge is 0.124 e. The van der Waals surface area contributed by atoms with Crippen LogP contribution in [0.15, 0.2) is 78.9 Å². The highest BCUT2D eigenvalue weighted by Crippen LogP contribution is 2.31. The summed E-state index contributed by atoms with van der Waals surface area (Å²) in [5, 5.41) is 1.08. The minimum absolute atomic E-state index is 1.07. The van der Waals surface area contributed by atoms with Crippen LogP contribution in [0.3, 0.4) is 0 Å². The fraction of sp³-hybridized carbons (Fsp3) is 0. The summed E-state index contributed by atoms with van der Waals surface area (Å²) < 4.78 is 1.24. The van der Waals surface area contributed by atoms with Gasteiger partial charge in [-0.25, -0.2) is 4.98 Å². The second-order valence-corrected chi connectivity index (χ2v) is 5.96. The summed E-state index contributed by atoms with van der Waals surface area (Å²) in [6, 6.07) is 27.3. The van der Waals surface area contributed by atoms with Crippen molar-refractivity contribution < 1.29 is 0 Å². The maximum atomic E-state index is 4.70. The Bertz CT molecular complexity index is 843. The monoisotopic (exact) mass is 287 g/mol. The van der Waals surface area contributed by atoms with Crippen molar-refractivity contribution in [2.24, 2.45) is 0 Å². The van der Waals surface area contributed by atoms with Crippen molar-refractivity contribution in [3.05, 3.63) is 78.9 Å². The van der Waals surface area contributed by atoms with E-state index in [0.29, 0.717) is 0 Å². The van der Waals surface area contributed by atoms with Gasteiger partial charge in [0.2, 0.25) is 0 Å². The molecule has 0 unspecified atom stereocenters. The lowest BCUT2D eigenvalue weighted by Gasteiger charge is -2.02. The predicted octanol–water partition coefficient (Wildman–Crippen LogP) is 5.63. The molecule has 0 aliphatic carbocycles. The first-order chi connectivity index (χ1) is 10.4. The molecule has 2 heteroatoms. The zero-order valence-electron chi connectivity index (χ0n) is 11.4. The lowest BCUT2D eigenvalue weighted by molar-refractivity contribution is 1.47. The van der Waals surface area contributed by atoms with Crippen LogP contribution in [0.2, 0.25) is 0 Å². The molecule has 0 saturated carbocycles. The molecule has 0 amide bonds. The van der Waals surface area contributed by atoms with E-state index in [2.05, 4.69) is 66.7 Å². The lowest BCUT2D eigenvalue weighted by Crippen LogP contribution is -1.79. The van der Waals surface area contributed by atoms with Gasteiger partial charge in [-0.1, -0.05) is 66.7 Å². The number of nitrogens with zero attached hydrogens (tertiary/aromatic N) is 1. The third-order valence-electron chi connectivity index (χ3n) is 3.53. The van der Waals surface area contributed by atoms with Gasteiger partial charge >= 0.3 is 0 Å². The van der Waals surface area contributed by atoms with Crippen LogP contribution in [0.4, 0.5) is 0 Å². The average molecular weight is 287 g/mol. The maximum Gasteiger partial charge on any atom is 0.124 e. The molecule has 0 aliphatic rings. The Labute approximate surface area is 127 Å². The number of fused-ring (bicyclic) bond motifs is 1. The van der Waals surface area contributed by atoms with Crippen LogP contribution in [0.1, 0.15) is 0 Å². The van der Waals surface area contributed by atoms with Crippen LogP contribution in [0.25, 0.3) is 31.9 Å². The highest BCUT2D eigenvalue weighted by molar-refractivity contribution is 7.21. The van der Waals surface area contributed by atoms with Crippen LogP contribution < -0.4 is 0 Å². The van der Waals surface area contributed by atoms with E-state index in [4.69, 9.17) is 4.98 Å². The number of aromatic nitrogens is 1. The van der Waals surface area contributed by atoms with Gasteiger partial charge in [0.1, 0.15) is 5.01 Å². The van der Waals surface area contributed by atoms with E-state index in [0.717, 1.165) is 10.5 Å². The van der Waals surface area contributed by atoms with Gasteiger partial charge in [-0.2, -0.15) is 0 Å². The van der Waals surface area contributed by atoms with Gasteiger partial charge in [-0.15, -0.1) is 11.3 Å². The zero-order valence-corrected chi connectivity index (χ0v) is 12.2. The molecule has 100 valence electrons. The SMILES string of the molecule is c1ccc(-c2ccc(-c3nc4ccccc4s3)cc2)cc1. The lowest BCUT2D eigenvalue weighted by atomic mass is 10.0. The van der Waals surface area contributed by atoms with Gasteiger partial charge in [0.05, 0.1) is 10.2 Å². The Hall–Kier alpha value is -2.45. The molecule has 0 bridgehead atoms. The Balaban J connectivity index is 1.73. The van der Waals surface area contributed by atoms with Gasteiger partial charge in [0.15, 0.2) is 0 Å². The summed E-state index contributed by atoms with van der Waals surface area (Å²) in [4.78, 5) is 4.70. The first-order valence-electron chi connectivity index (χ1n) is 6.91. The molecule has 0 N–H and O–H groups in total. The van der Waals surface area contributed by atoms with Crippen molar-refractivity contribution in [1.82, 2.24) is 4.98 Å². The van der Waals surface area contributed by atoms with Gasteiger partial charge in [-0.3, -0.25) is 0 Å². The Morgan fingerprint density at radius 3 is 1.95 bits per heavy atom. The predicted molar refractivity (Wildman–Crippen MR) is 90.5 cm³/mol. The van der Waals surface area contributed by atoms with Crippen molar-refractivity contribution >= 4 is 21.6 Å². The van der Waals surface area contributed by atoms with E-state index in [-0.39, 0.29) is 0 Å². The van der Waals surface area contributed by atoms with Crippen molar-refractivity contribution in [3.63, 3.8) is 0 Å². The average Bonchev–Trinajstić information content (AvgIpc) is 3.00. The van der Waals surface area contributed by atoms with E-state index < -0.39 is 0 Å². The van der Waals surface area contributed by atoms with Crippen LogP contribution in [0.5, 0.6) is 0 Å². The summed E-state index contributed by atoms with van der Waals surface area (Å²) in [6.45, 7) is 0. The van der Waals surface area contributed by atoms with Crippen molar-refractivity contribution in [2.45, 2.75) is 0 Å². The van der Waals surface area contributed by atoms with Gasteiger partial charge in [0, 0.05) is 5.56 Å². The van der Waals surface area contributed by atoms with Gasteiger partial charge in [0.25, 0.3) is 0 Å². The third-order valence-corrected chi connectivity index (χ3v) is 4.62. The first kappa shape index (κ1) is 12.3. The fourth-order valence-electron chi connectivity index (χ4n) is 2.43. The highest BCUT2D eigenvalue weighted by Gasteiger charge is 2.06. The van der Waals surface area contributed by atoms with E-state index in [9.17, 15) is 0 Å². The molecule has 4 rings (SSSR count). The molecule has 3 aromatic carbocycles. The summed E-state index contributed by atoms with van der Waals surface area (Å²) in [7, 11) is 0. The molecule has 4 aromatic rings. The van der Waals surface area contributed by atoms with Gasteiger partial charge in [-0.05, 0) is 23.3 Å². The van der Waals surface area contributed by atoms with Crippen molar-refractivity contribution in [3.8, 4) is 21.7 Å². The van der Waals surface area contributed by atoms with Crippen LogP contribution in [-0.4, -0.2) is 4.98 Å². The number of para-hydroxylation sites is 1. The molecule has 1 heterocycles. The number of rotatable bonds is 2. The molecule has 0 spiro atoms. The zero-order chi connectivity index (χ0) is 14.1. The Morgan fingerprint density at radius 2 is 1.19 bits per heavy atom. The van der Waals surface area contributed by atoms with Crippen molar-refractivity contribution in [1.29, 1.82) is 0 Å². The molecule has 21 heavy (non-hydrogen) atoms. The first-order valence-corrected chi connectivity index (χ1v) is 7.73. The normalized spacial score (nSPS) is 10.9. The van der Waals surface area contributed by atoms with Gasteiger partial charge < -0.3 is 0 Å². The van der Waals surface area contributed by atoms with Crippen LogP contribution in [-0.2, 0) is 0 Å². The standard InChI is InChI=1S/C19H13NS/c1-2-6-14(7-3-1)15-10-12-16(13-11-15)19-20-17-8-4-5-9-18(17)21-19/h1-13H. The maximum absolute atomic E-state index is 4.70. The molecule has 1 nitrogen and oxygen atoms in total. The van der Waals surface area contributed by atoms with E-state index in [1.807, 2.05) is 12.1 Å². The summed E-state index contributed by atoms with van der Waals surface area (Å²) in [6.07, 6.45) is 0. The van der Waals surface area contributed by atoms with Crippen molar-refractivity contribution in [2.75, 3.05) is 0 Å². The second-order valence-electron chi connectivity index (χ2n) is 4.93. The quantitative estimate of drug-likeness (QED) is 0.465. The minimum atomic E-state index is 1.07. The molecule has 0 atom stereocenters. The minimum Gasteiger partial charge on any atom is -0.236 e. The molecular weight excluding hydrogens is 274 g/mol. The number of hydrogen-bond donors (Lipinski definition) is 0. The number of benzene rings is 3. The summed E-state index contributed by atoms with van der Waals surface area (Å²) in [5.41, 5.74) is 4.73. The largest absolute Gasteiger partial charge is 0.236 e. The molecule has 0 radical (unpaired) electrons. The molecule has 0 saturated heterocycles. The van der Waals surface area contributed by atoms with E-state index >= 15 is 0 Å². The fourth-order valence-corrected chi connectivity index (χ4v) is 3.40. The summed E-state index contributed by atoms with van der Waals surface area (Å²) in [5.74, 6) is 0. The molecule has 0 fully saturated rings. The third kappa shape index (κ3) is 2.34. The Morgan fingerprint density at radius 1 is 0.571 bits per heavy atom. The summed E-state index contributed by atoms with van der Waals surface area (Å²) >= 11 is 1.74. The van der Waals surface area contributed by atoms with E-state index in [1.54, 1.807) is 11.3 Å². The number of thiazole rings is 1. The second kappa shape index (κ2) is 5.15. The molecule has 1 aromatic heterocycles. The molecular formula is C19H13NS. The topological polar surface area (TPSA) is 12.9 Å². The number of hydrogen-bond acceptors (Lipinski definition) is 2. The molecule has 0 aliphatic heterocycles. The Kier molecular flexibility index (Phi) is 3.02. The van der Waals surface area contributed by atoms with E-state index in [1.165, 1.54) is 21.4 Å². The highest BCUT2D eigenvalue weighted by atomic mass is 32.1. The van der Waals surface area contributed by atoms with Crippen LogP contribution in [0, 0.1) is 0 Å². The van der Waals surface area contributed by atoms with Crippen LogP contribution >= 0.6 is 11.3 Å².